The summed E-state index contributed by atoms with van der Waals surface area (Å²) in [6, 6.07) is 4.62. The summed E-state index contributed by atoms with van der Waals surface area (Å²) in [5, 5.41) is 4.45. The van der Waals surface area contributed by atoms with Crippen LogP contribution in [0.5, 0.6) is 5.75 Å². The van der Waals surface area contributed by atoms with Crippen LogP contribution in [0.4, 0.5) is 0 Å². The number of sulfonamides is 1. The summed E-state index contributed by atoms with van der Waals surface area (Å²) >= 11 is 0. The Kier molecular flexibility index (Phi) is 7.03. The molecule has 4 rings (SSSR count). The third kappa shape index (κ3) is 4.45. The number of nitrogens with one attached hydrogen (secondary N) is 1. The molecule has 184 valence electrons. The number of aryl methyl sites for hydroxylation is 2. The highest BCUT2D eigenvalue weighted by Crippen LogP contribution is 2.32. The smallest absolute Gasteiger partial charge is 0.277 e. The van der Waals surface area contributed by atoms with Crippen molar-refractivity contribution in [2.75, 3.05) is 19.7 Å². The number of benzene rings is 1. The molecule has 3 aromatic rings. The van der Waals surface area contributed by atoms with Gasteiger partial charge in [0.2, 0.25) is 10.0 Å². The van der Waals surface area contributed by atoms with Crippen molar-refractivity contribution in [3.8, 4) is 17.1 Å². The second-order valence-corrected chi connectivity index (χ2v) is 10.2. The van der Waals surface area contributed by atoms with E-state index >= 15 is 0 Å². The molecule has 1 aliphatic rings. The van der Waals surface area contributed by atoms with Crippen molar-refractivity contribution in [2.24, 2.45) is 12.9 Å². The Morgan fingerprint density at radius 3 is 2.62 bits per heavy atom. The van der Waals surface area contributed by atoms with E-state index in [1.807, 2.05) is 13.8 Å². The summed E-state index contributed by atoms with van der Waals surface area (Å²) in [6.07, 6.45) is 2.40. The summed E-state index contributed by atoms with van der Waals surface area (Å²) in [5.41, 5.74) is 1.64. The van der Waals surface area contributed by atoms with Crippen LogP contribution in [0.3, 0.4) is 0 Å². The Labute approximate surface area is 197 Å². The van der Waals surface area contributed by atoms with Crippen LogP contribution in [0.15, 0.2) is 27.9 Å². The number of rotatable bonds is 8. The molecule has 0 radical (unpaired) electrons. The number of hydrogen-bond acceptors (Lipinski definition) is 8. The Hall–Kier alpha value is -2.80. The van der Waals surface area contributed by atoms with Gasteiger partial charge in [-0.15, -0.1) is 0 Å². The van der Waals surface area contributed by atoms with Gasteiger partial charge in [0.25, 0.3) is 5.56 Å². The molecule has 0 atom stereocenters. The Balaban J connectivity index is 1.82. The summed E-state index contributed by atoms with van der Waals surface area (Å²) in [5.74, 6) is 5.92. The van der Waals surface area contributed by atoms with E-state index in [1.54, 1.807) is 13.1 Å². The van der Waals surface area contributed by atoms with E-state index in [9.17, 15) is 13.2 Å². The first kappa shape index (κ1) is 24.3. The van der Waals surface area contributed by atoms with Crippen molar-refractivity contribution >= 4 is 21.1 Å². The molecule has 1 aliphatic heterocycles. The van der Waals surface area contributed by atoms with Crippen molar-refractivity contribution < 1.29 is 18.0 Å². The quantitative estimate of drug-likeness (QED) is 0.454. The molecule has 1 fully saturated rings. The topological polar surface area (TPSA) is 145 Å². The number of H-pyrrole nitrogens is 1. The van der Waals surface area contributed by atoms with Crippen molar-refractivity contribution in [3.63, 3.8) is 0 Å². The van der Waals surface area contributed by atoms with Crippen LogP contribution in [-0.2, 0) is 28.3 Å². The molecule has 12 heteroatoms. The lowest BCUT2D eigenvalue weighted by molar-refractivity contribution is 0.0205. The number of aromatic nitrogens is 4. The third-order valence-corrected chi connectivity index (χ3v) is 7.88. The molecule has 11 nitrogen and oxygen atoms in total. The van der Waals surface area contributed by atoms with Gasteiger partial charge in [-0.25, -0.2) is 19.3 Å². The molecule has 0 amide bonds. The standard InChI is InChI=1S/C22H30N6O5S/c1-4-6-17-19-20(27(3)26-17)22(29)25-21(24-19)16-13-15(7-8-18(16)32-5-2)34(30,31)28-11-9-14(33-23)10-12-28/h7-8,13-14H,4-6,9-12,23H2,1-3H3,(H,24,25,29). The molecule has 0 spiro atoms. The Morgan fingerprint density at radius 1 is 1.24 bits per heavy atom. The fourth-order valence-corrected chi connectivity index (χ4v) is 5.77. The highest BCUT2D eigenvalue weighted by molar-refractivity contribution is 7.89. The van der Waals surface area contributed by atoms with E-state index in [0.29, 0.717) is 61.3 Å². The lowest BCUT2D eigenvalue weighted by atomic mass is 10.1. The number of fused-ring (bicyclic) bond motifs is 1. The van der Waals surface area contributed by atoms with Gasteiger partial charge < -0.3 is 14.6 Å². The monoisotopic (exact) mass is 490 g/mol. The molecule has 2 aromatic heterocycles. The number of nitrogens with zero attached hydrogens (tertiary/aromatic N) is 4. The van der Waals surface area contributed by atoms with Gasteiger partial charge in [-0.1, -0.05) is 13.3 Å². The molecular weight excluding hydrogens is 460 g/mol. The number of hydrogen-bond donors (Lipinski definition) is 2. The molecule has 3 N–H and O–H groups in total. The first-order valence-electron chi connectivity index (χ1n) is 11.4. The van der Waals surface area contributed by atoms with Crippen LogP contribution in [0.1, 0.15) is 38.8 Å². The molecule has 0 saturated carbocycles. The first-order chi connectivity index (χ1) is 16.3. The lowest BCUT2D eigenvalue weighted by Crippen LogP contribution is -2.41. The first-order valence-corrected chi connectivity index (χ1v) is 12.8. The van der Waals surface area contributed by atoms with Gasteiger partial charge in [-0.3, -0.25) is 9.48 Å². The molecular formula is C22H30N6O5S. The third-order valence-electron chi connectivity index (χ3n) is 5.99. The molecule has 34 heavy (non-hydrogen) atoms. The summed E-state index contributed by atoms with van der Waals surface area (Å²) < 4.78 is 35.4. The molecule has 0 unspecified atom stereocenters. The second kappa shape index (κ2) is 9.82. The van der Waals surface area contributed by atoms with Gasteiger partial charge in [0.15, 0.2) is 5.52 Å². The fourth-order valence-electron chi connectivity index (χ4n) is 4.27. The van der Waals surface area contributed by atoms with Gasteiger partial charge in [-0.05, 0) is 44.4 Å². The van der Waals surface area contributed by atoms with E-state index in [4.69, 9.17) is 15.5 Å². The van der Waals surface area contributed by atoms with Gasteiger partial charge in [0.1, 0.15) is 17.1 Å². The van der Waals surface area contributed by atoms with Crippen molar-refractivity contribution in [3.05, 3.63) is 34.2 Å². The highest BCUT2D eigenvalue weighted by atomic mass is 32.2. The molecule has 1 aromatic carbocycles. The summed E-state index contributed by atoms with van der Waals surface area (Å²) in [4.78, 5) is 25.4. The number of aromatic amines is 1. The van der Waals surface area contributed by atoms with Crippen LogP contribution in [-0.4, -0.2) is 58.3 Å². The minimum atomic E-state index is -3.78. The number of nitrogens with two attached hydrogens (primary N) is 1. The zero-order chi connectivity index (χ0) is 24.5. The fraction of sp³-hybridized carbons (Fsp3) is 0.500. The summed E-state index contributed by atoms with van der Waals surface area (Å²) in [6.45, 7) is 4.84. The van der Waals surface area contributed by atoms with Crippen molar-refractivity contribution in [1.82, 2.24) is 24.1 Å². The molecule has 0 bridgehead atoms. The second-order valence-electron chi connectivity index (χ2n) is 8.26. The maximum atomic E-state index is 13.4. The minimum absolute atomic E-state index is 0.0979. The molecule has 0 aliphatic carbocycles. The molecule has 3 heterocycles. The van der Waals surface area contributed by atoms with Crippen molar-refractivity contribution in [1.29, 1.82) is 0 Å². The Morgan fingerprint density at radius 2 is 1.97 bits per heavy atom. The van der Waals surface area contributed by atoms with E-state index in [2.05, 4.69) is 15.1 Å². The maximum Gasteiger partial charge on any atom is 0.277 e. The van der Waals surface area contributed by atoms with E-state index in [1.165, 1.54) is 21.1 Å². The summed E-state index contributed by atoms with van der Waals surface area (Å²) in [7, 11) is -2.07. The van der Waals surface area contributed by atoms with Crippen LogP contribution in [0.25, 0.3) is 22.4 Å². The predicted octanol–water partition coefficient (Wildman–Crippen LogP) is 1.72. The van der Waals surface area contributed by atoms with E-state index in [0.717, 1.165) is 12.1 Å². The number of ether oxygens (including phenoxy) is 1. The highest BCUT2D eigenvalue weighted by Gasteiger charge is 2.30. The zero-order valence-corrected chi connectivity index (χ0v) is 20.4. The van der Waals surface area contributed by atoms with Crippen LogP contribution < -0.4 is 16.2 Å². The lowest BCUT2D eigenvalue weighted by Gasteiger charge is -2.30. The Bertz CT molecular complexity index is 1340. The van der Waals surface area contributed by atoms with Gasteiger partial charge in [0.05, 0.1) is 28.9 Å². The van der Waals surface area contributed by atoms with E-state index < -0.39 is 10.0 Å². The van der Waals surface area contributed by atoms with Crippen molar-refractivity contribution in [2.45, 2.75) is 50.5 Å². The van der Waals surface area contributed by atoms with Gasteiger partial charge in [-0.2, -0.15) is 9.40 Å². The number of piperidine rings is 1. The predicted molar refractivity (Wildman–Crippen MR) is 127 cm³/mol. The van der Waals surface area contributed by atoms with Gasteiger partial charge >= 0.3 is 0 Å². The maximum absolute atomic E-state index is 13.4. The van der Waals surface area contributed by atoms with Crippen LogP contribution in [0.2, 0.25) is 0 Å². The molecule has 1 saturated heterocycles. The normalized spacial score (nSPS) is 15.8. The largest absolute Gasteiger partial charge is 0.493 e. The van der Waals surface area contributed by atoms with E-state index in [-0.39, 0.29) is 22.4 Å². The average molecular weight is 491 g/mol. The zero-order valence-electron chi connectivity index (χ0n) is 19.6. The average Bonchev–Trinajstić information content (AvgIpc) is 3.15. The minimum Gasteiger partial charge on any atom is -0.493 e. The SMILES string of the molecule is CCCc1nn(C)c2c(=O)[nH]c(-c3cc(S(=O)(=O)N4CCC(ON)CC4)ccc3OCC)nc12. The van der Waals surface area contributed by atoms with Gasteiger partial charge in [0, 0.05) is 20.1 Å². The van der Waals surface area contributed by atoms with Crippen LogP contribution >= 0.6 is 0 Å². The van der Waals surface area contributed by atoms with Crippen LogP contribution in [0, 0.1) is 0 Å².